The maximum absolute atomic E-state index is 11.8. The largest absolute Gasteiger partial charge is 0.354 e. The summed E-state index contributed by atoms with van der Waals surface area (Å²) < 4.78 is 0.981. The second-order valence-corrected chi connectivity index (χ2v) is 6.70. The van der Waals surface area contributed by atoms with Crippen LogP contribution in [0.25, 0.3) is 0 Å². The van der Waals surface area contributed by atoms with E-state index in [0.717, 1.165) is 29.3 Å². The molecule has 1 aliphatic rings. The van der Waals surface area contributed by atoms with Gasteiger partial charge in [0.2, 0.25) is 11.8 Å². The van der Waals surface area contributed by atoms with Gasteiger partial charge in [0, 0.05) is 11.0 Å². The fraction of sp³-hybridized carbons (Fsp3) is 0.444. The summed E-state index contributed by atoms with van der Waals surface area (Å²) in [6.45, 7) is 0.682. The minimum absolute atomic E-state index is 0.0361. The van der Waals surface area contributed by atoms with Gasteiger partial charge in [-0.2, -0.15) is 0 Å². The Morgan fingerprint density at radius 2 is 1.83 bits per heavy atom. The van der Waals surface area contributed by atoms with E-state index < -0.39 is 0 Å². The molecule has 0 saturated carbocycles. The zero-order chi connectivity index (χ0) is 16.5. The number of rotatable bonds is 7. The summed E-state index contributed by atoms with van der Waals surface area (Å²) in [6, 6.07) is 7.58. The lowest BCUT2D eigenvalue weighted by Crippen LogP contribution is -2.38. The molecule has 4 nitrogen and oxygen atoms in total. The van der Waals surface area contributed by atoms with Crippen LogP contribution in [0.3, 0.4) is 0 Å². The summed E-state index contributed by atoms with van der Waals surface area (Å²) >= 11 is 3.36. The first-order chi connectivity index (χ1) is 11.1. The zero-order valence-corrected chi connectivity index (χ0v) is 14.8. The van der Waals surface area contributed by atoms with Crippen molar-refractivity contribution in [3.63, 3.8) is 0 Å². The fourth-order valence-corrected chi connectivity index (χ4v) is 2.85. The molecule has 0 heterocycles. The first kappa shape index (κ1) is 17.7. The normalized spacial score (nSPS) is 14.0. The molecule has 5 heteroatoms. The Morgan fingerprint density at radius 1 is 1.04 bits per heavy atom. The number of benzene rings is 1. The third-order valence-corrected chi connectivity index (χ3v) is 4.41. The smallest absolute Gasteiger partial charge is 0.239 e. The summed E-state index contributed by atoms with van der Waals surface area (Å²) in [5.74, 6) is -0.275. The molecular weight excluding hydrogens is 356 g/mol. The Morgan fingerprint density at radius 3 is 2.52 bits per heavy atom. The highest BCUT2D eigenvalue weighted by molar-refractivity contribution is 9.10. The zero-order valence-electron chi connectivity index (χ0n) is 13.2. The van der Waals surface area contributed by atoms with Gasteiger partial charge in [-0.3, -0.25) is 9.59 Å². The van der Waals surface area contributed by atoms with Gasteiger partial charge in [-0.15, -0.1) is 0 Å². The lowest BCUT2D eigenvalue weighted by Gasteiger charge is -2.13. The molecule has 0 spiro atoms. The third-order valence-electron chi connectivity index (χ3n) is 3.88. The van der Waals surface area contributed by atoms with Crippen LogP contribution in [-0.2, 0) is 16.0 Å². The molecule has 0 radical (unpaired) electrons. The van der Waals surface area contributed by atoms with E-state index in [-0.39, 0.29) is 24.8 Å². The van der Waals surface area contributed by atoms with Crippen molar-refractivity contribution in [1.82, 2.24) is 10.6 Å². The molecule has 0 fully saturated rings. The average molecular weight is 379 g/mol. The van der Waals surface area contributed by atoms with Crippen molar-refractivity contribution < 1.29 is 9.59 Å². The molecule has 0 bridgehead atoms. The van der Waals surface area contributed by atoms with Crippen LogP contribution in [0.15, 0.2) is 40.4 Å². The van der Waals surface area contributed by atoms with Crippen LogP contribution < -0.4 is 10.6 Å². The second-order valence-electron chi connectivity index (χ2n) is 5.79. The molecule has 23 heavy (non-hydrogen) atoms. The number of amides is 2. The summed E-state index contributed by atoms with van der Waals surface area (Å²) in [5, 5.41) is 5.51. The number of halogens is 1. The van der Waals surface area contributed by atoms with Gasteiger partial charge < -0.3 is 10.6 Å². The Balaban J connectivity index is 1.60. The highest BCUT2D eigenvalue weighted by atomic mass is 79.9. The van der Waals surface area contributed by atoms with Crippen molar-refractivity contribution in [2.24, 2.45) is 0 Å². The quantitative estimate of drug-likeness (QED) is 0.716. The topological polar surface area (TPSA) is 58.2 Å². The molecule has 2 amide bonds. The first-order valence-corrected chi connectivity index (χ1v) is 8.88. The molecule has 0 saturated heterocycles. The van der Waals surface area contributed by atoms with Crippen molar-refractivity contribution in [1.29, 1.82) is 0 Å². The van der Waals surface area contributed by atoms with E-state index in [2.05, 4.69) is 32.6 Å². The van der Waals surface area contributed by atoms with Crippen LogP contribution in [0.2, 0.25) is 0 Å². The van der Waals surface area contributed by atoms with Crippen LogP contribution in [0.4, 0.5) is 0 Å². The van der Waals surface area contributed by atoms with Crippen molar-refractivity contribution >= 4 is 27.7 Å². The highest BCUT2D eigenvalue weighted by Crippen LogP contribution is 2.19. The molecule has 1 aliphatic carbocycles. The maximum atomic E-state index is 11.8. The summed E-state index contributed by atoms with van der Waals surface area (Å²) in [4.78, 5) is 23.5. The van der Waals surface area contributed by atoms with E-state index in [1.165, 1.54) is 18.4 Å². The third kappa shape index (κ3) is 6.99. The van der Waals surface area contributed by atoms with Gasteiger partial charge >= 0.3 is 0 Å². The van der Waals surface area contributed by atoms with E-state index in [4.69, 9.17) is 0 Å². The number of allylic oxidation sites excluding steroid dienone is 1. The Kier molecular flexibility index (Phi) is 7.33. The lowest BCUT2D eigenvalue weighted by molar-refractivity contribution is -0.125. The van der Waals surface area contributed by atoms with Crippen molar-refractivity contribution in [3.05, 3.63) is 46.0 Å². The van der Waals surface area contributed by atoms with Crippen LogP contribution in [-0.4, -0.2) is 24.9 Å². The maximum Gasteiger partial charge on any atom is 0.239 e. The SMILES string of the molecule is O=C(CNC(=O)Cc1ccc(Br)cc1)NCCC1=CCCCC1. The predicted octanol–water partition coefficient (Wildman–Crippen LogP) is 3.11. The molecule has 1 aromatic carbocycles. The standard InChI is InChI=1S/C18H23BrN2O2/c19-16-8-6-15(7-9-16)12-17(22)21-13-18(23)20-11-10-14-4-2-1-3-5-14/h4,6-9H,1-3,5,10-13H2,(H,20,23)(H,21,22). The van der Waals surface area contributed by atoms with Crippen LogP contribution in [0.5, 0.6) is 0 Å². The number of hydrogen-bond acceptors (Lipinski definition) is 2. The van der Waals surface area contributed by atoms with E-state index in [1.807, 2.05) is 24.3 Å². The molecule has 1 aromatic rings. The summed E-state index contributed by atoms with van der Waals surface area (Å²) in [6.07, 6.45) is 8.34. The van der Waals surface area contributed by atoms with Crippen molar-refractivity contribution in [2.45, 2.75) is 38.5 Å². The number of hydrogen-bond donors (Lipinski definition) is 2. The first-order valence-electron chi connectivity index (χ1n) is 8.09. The fourth-order valence-electron chi connectivity index (χ4n) is 2.59. The predicted molar refractivity (Wildman–Crippen MR) is 95.0 cm³/mol. The summed E-state index contributed by atoms with van der Waals surface area (Å²) in [5.41, 5.74) is 2.37. The van der Waals surface area contributed by atoms with Crippen molar-refractivity contribution in [2.75, 3.05) is 13.1 Å². The molecule has 2 rings (SSSR count). The Bertz CT molecular complexity index is 567. The van der Waals surface area contributed by atoms with Gasteiger partial charge in [0.15, 0.2) is 0 Å². The van der Waals surface area contributed by atoms with Gasteiger partial charge in [0.25, 0.3) is 0 Å². The minimum atomic E-state index is -0.141. The summed E-state index contributed by atoms with van der Waals surface area (Å²) in [7, 11) is 0. The molecule has 0 aromatic heterocycles. The van der Waals surface area contributed by atoms with E-state index in [0.29, 0.717) is 6.54 Å². The number of carbonyl (C=O) groups is 2. The number of nitrogens with one attached hydrogen (secondary N) is 2. The second kappa shape index (κ2) is 9.50. The minimum Gasteiger partial charge on any atom is -0.354 e. The lowest BCUT2D eigenvalue weighted by atomic mass is 9.97. The van der Waals surface area contributed by atoms with Gasteiger partial charge in [0.05, 0.1) is 13.0 Å². The molecule has 2 N–H and O–H groups in total. The van der Waals surface area contributed by atoms with Gasteiger partial charge in [-0.1, -0.05) is 39.7 Å². The molecule has 0 aliphatic heterocycles. The Hall–Kier alpha value is -1.62. The van der Waals surface area contributed by atoms with Crippen LogP contribution in [0, 0.1) is 0 Å². The Labute approximate surface area is 145 Å². The van der Waals surface area contributed by atoms with Crippen LogP contribution >= 0.6 is 15.9 Å². The molecule has 0 atom stereocenters. The monoisotopic (exact) mass is 378 g/mol. The highest BCUT2D eigenvalue weighted by Gasteiger charge is 2.07. The average Bonchev–Trinajstić information content (AvgIpc) is 2.56. The molecular formula is C18H23BrN2O2. The number of carbonyl (C=O) groups excluding carboxylic acids is 2. The van der Waals surface area contributed by atoms with Gasteiger partial charge in [-0.05, 0) is 49.8 Å². The van der Waals surface area contributed by atoms with E-state index in [1.54, 1.807) is 0 Å². The molecule has 0 unspecified atom stereocenters. The van der Waals surface area contributed by atoms with Crippen molar-refractivity contribution in [3.8, 4) is 0 Å². The van der Waals surface area contributed by atoms with Gasteiger partial charge in [-0.25, -0.2) is 0 Å². The van der Waals surface area contributed by atoms with E-state index >= 15 is 0 Å². The van der Waals surface area contributed by atoms with Gasteiger partial charge in [0.1, 0.15) is 0 Å². The van der Waals surface area contributed by atoms with E-state index in [9.17, 15) is 9.59 Å². The molecule has 124 valence electrons. The van der Waals surface area contributed by atoms with Crippen LogP contribution in [0.1, 0.15) is 37.7 Å².